The average Bonchev–Trinajstić information content (AvgIpc) is 2.74. The molecule has 1 unspecified atom stereocenters. The molecule has 0 saturated heterocycles. The van der Waals surface area contributed by atoms with Crippen LogP contribution in [0.25, 0.3) is 0 Å². The second-order valence-corrected chi connectivity index (χ2v) is 6.19. The molecule has 23 heavy (non-hydrogen) atoms. The lowest BCUT2D eigenvalue weighted by Crippen LogP contribution is -2.38. The predicted octanol–water partition coefficient (Wildman–Crippen LogP) is 2.73. The molecule has 6 nitrogen and oxygen atoms in total. The summed E-state index contributed by atoms with van der Waals surface area (Å²) in [5.41, 5.74) is 3.14. The maximum Gasteiger partial charge on any atom is 0.319 e. The van der Waals surface area contributed by atoms with Gasteiger partial charge in [0.05, 0.1) is 0 Å². The Morgan fingerprint density at radius 2 is 2.04 bits per heavy atom. The molecule has 1 aromatic heterocycles. The van der Waals surface area contributed by atoms with Crippen molar-refractivity contribution in [2.24, 2.45) is 0 Å². The zero-order chi connectivity index (χ0) is 16.4. The molecule has 3 rings (SSSR count). The van der Waals surface area contributed by atoms with E-state index in [1.54, 1.807) is 0 Å². The Morgan fingerprint density at radius 1 is 1.22 bits per heavy atom. The molecular weight excluding hydrogens is 290 g/mol. The molecule has 0 saturated carbocycles. The summed E-state index contributed by atoms with van der Waals surface area (Å²) >= 11 is 0. The molecule has 0 radical (unpaired) electrons. The second kappa shape index (κ2) is 6.40. The molecule has 1 aromatic carbocycles. The molecule has 0 aliphatic carbocycles. The fourth-order valence-corrected chi connectivity index (χ4v) is 3.01. The van der Waals surface area contributed by atoms with Crippen molar-refractivity contribution < 1.29 is 4.79 Å². The summed E-state index contributed by atoms with van der Waals surface area (Å²) in [4.78, 5) is 12.3. The van der Waals surface area contributed by atoms with Gasteiger partial charge in [0.1, 0.15) is 11.6 Å². The number of hydrogen-bond donors (Lipinski definition) is 2. The van der Waals surface area contributed by atoms with Crippen molar-refractivity contribution in [3.63, 3.8) is 0 Å². The van der Waals surface area contributed by atoms with Crippen molar-refractivity contribution in [1.29, 1.82) is 0 Å². The van der Waals surface area contributed by atoms with E-state index in [4.69, 9.17) is 0 Å². The fourth-order valence-electron chi connectivity index (χ4n) is 3.01. The molecule has 1 aliphatic rings. The number of nitrogens with one attached hydrogen (secondary N) is 2. The number of nitrogens with zero attached hydrogens (tertiary/aromatic N) is 3. The Balaban J connectivity index is 1.59. The summed E-state index contributed by atoms with van der Waals surface area (Å²) in [6.45, 7) is 6.88. The van der Waals surface area contributed by atoms with Gasteiger partial charge in [-0.2, -0.15) is 0 Å². The van der Waals surface area contributed by atoms with Gasteiger partial charge in [0.25, 0.3) is 0 Å². The summed E-state index contributed by atoms with van der Waals surface area (Å²) < 4.78 is 2.14. The van der Waals surface area contributed by atoms with Crippen LogP contribution in [0.1, 0.15) is 35.6 Å². The van der Waals surface area contributed by atoms with Crippen molar-refractivity contribution in [2.75, 3.05) is 5.32 Å². The van der Waals surface area contributed by atoms with Crippen molar-refractivity contribution in [2.45, 2.75) is 52.6 Å². The minimum Gasteiger partial charge on any atom is -0.335 e. The molecule has 0 bridgehead atoms. The van der Waals surface area contributed by atoms with Crippen LogP contribution in [0.2, 0.25) is 0 Å². The van der Waals surface area contributed by atoms with Crippen LogP contribution in [-0.2, 0) is 13.0 Å². The highest BCUT2D eigenvalue weighted by Gasteiger charge is 2.20. The highest BCUT2D eigenvalue weighted by Crippen LogP contribution is 2.18. The van der Waals surface area contributed by atoms with Gasteiger partial charge < -0.3 is 15.2 Å². The van der Waals surface area contributed by atoms with Crippen LogP contribution in [-0.4, -0.2) is 26.8 Å². The van der Waals surface area contributed by atoms with Gasteiger partial charge in [-0.05, 0) is 50.8 Å². The first-order chi connectivity index (χ1) is 11.0. The van der Waals surface area contributed by atoms with Gasteiger partial charge >= 0.3 is 6.03 Å². The Labute approximate surface area is 136 Å². The number of anilines is 1. The van der Waals surface area contributed by atoms with E-state index < -0.39 is 0 Å². The molecular formula is C17H23N5O. The molecule has 1 atom stereocenters. The van der Waals surface area contributed by atoms with Crippen molar-refractivity contribution >= 4 is 11.7 Å². The van der Waals surface area contributed by atoms with E-state index in [1.807, 2.05) is 39.0 Å². The lowest BCUT2D eigenvalue weighted by atomic mass is 10.1. The number of aryl methyl sites for hydroxylation is 3. The maximum absolute atomic E-state index is 12.3. The Hall–Kier alpha value is -2.37. The van der Waals surface area contributed by atoms with Crippen LogP contribution in [0.5, 0.6) is 0 Å². The van der Waals surface area contributed by atoms with Gasteiger partial charge in [-0.25, -0.2) is 4.79 Å². The number of carbonyl (C=O) groups excluding carboxylic acids is 1. The van der Waals surface area contributed by atoms with Gasteiger partial charge in [0.15, 0.2) is 0 Å². The summed E-state index contributed by atoms with van der Waals surface area (Å²) in [6, 6.07) is 5.94. The first-order valence-electron chi connectivity index (χ1n) is 8.07. The van der Waals surface area contributed by atoms with Gasteiger partial charge in [0, 0.05) is 24.7 Å². The summed E-state index contributed by atoms with van der Waals surface area (Å²) in [7, 11) is 0. The van der Waals surface area contributed by atoms with Gasteiger partial charge in [-0.1, -0.05) is 12.1 Å². The van der Waals surface area contributed by atoms with E-state index in [-0.39, 0.29) is 12.1 Å². The van der Waals surface area contributed by atoms with Gasteiger partial charge in [-0.15, -0.1) is 10.2 Å². The lowest BCUT2D eigenvalue weighted by molar-refractivity contribution is 0.247. The Bertz CT molecular complexity index is 722. The van der Waals surface area contributed by atoms with Gasteiger partial charge in [0.2, 0.25) is 0 Å². The minimum absolute atomic E-state index is 0.141. The van der Waals surface area contributed by atoms with Crippen LogP contribution in [0, 0.1) is 20.8 Å². The average molecular weight is 313 g/mol. The number of carbonyl (C=O) groups is 1. The maximum atomic E-state index is 12.3. The van der Waals surface area contributed by atoms with Crippen LogP contribution in [0.4, 0.5) is 10.5 Å². The molecule has 0 fully saturated rings. The topological polar surface area (TPSA) is 71.8 Å². The number of aromatic nitrogens is 3. The number of benzene rings is 1. The third-order valence-corrected chi connectivity index (χ3v) is 4.62. The summed E-state index contributed by atoms with van der Waals surface area (Å²) in [5.74, 6) is 1.96. The number of rotatable bonds is 2. The van der Waals surface area contributed by atoms with Crippen LogP contribution >= 0.6 is 0 Å². The smallest absolute Gasteiger partial charge is 0.319 e. The quantitative estimate of drug-likeness (QED) is 0.895. The molecule has 6 heteroatoms. The van der Waals surface area contributed by atoms with Crippen molar-refractivity contribution in [3.05, 3.63) is 41.0 Å². The molecule has 0 spiro atoms. The van der Waals surface area contributed by atoms with Crippen LogP contribution in [0.15, 0.2) is 18.2 Å². The number of urea groups is 1. The van der Waals surface area contributed by atoms with Crippen molar-refractivity contribution in [1.82, 2.24) is 20.1 Å². The van der Waals surface area contributed by atoms with Crippen LogP contribution in [0.3, 0.4) is 0 Å². The normalized spacial score (nSPS) is 17.3. The highest BCUT2D eigenvalue weighted by atomic mass is 16.2. The minimum atomic E-state index is -0.141. The molecule has 2 aromatic rings. The SMILES string of the molecule is Cc1cccc(NC(=O)NC2CCc3nnc(C)n3CC2)c1C. The lowest BCUT2D eigenvalue weighted by Gasteiger charge is -2.18. The van der Waals surface area contributed by atoms with E-state index in [1.165, 1.54) is 5.56 Å². The monoisotopic (exact) mass is 313 g/mol. The summed E-state index contributed by atoms with van der Waals surface area (Å²) in [5, 5.41) is 14.4. The molecule has 2 N–H and O–H groups in total. The second-order valence-electron chi connectivity index (χ2n) is 6.19. The fraction of sp³-hybridized carbons (Fsp3) is 0.471. The van der Waals surface area contributed by atoms with Crippen LogP contribution < -0.4 is 10.6 Å². The largest absolute Gasteiger partial charge is 0.335 e. The van der Waals surface area contributed by atoms with E-state index in [2.05, 4.69) is 25.4 Å². The summed E-state index contributed by atoms with van der Waals surface area (Å²) in [6.07, 6.45) is 2.62. The van der Waals surface area contributed by atoms with E-state index >= 15 is 0 Å². The van der Waals surface area contributed by atoms with Gasteiger partial charge in [-0.3, -0.25) is 0 Å². The molecule has 2 heterocycles. The predicted molar refractivity (Wildman–Crippen MR) is 89.6 cm³/mol. The first-order valence-corrected chi connectivity index (χ1v) is 8.07. The number of hydrogen-bond acceptors (Lipinski definition) is 3. The third kappa shape index (κ3) is 3.36. The van der Waals surface area contributed by atoms with E-state index in [0.717, 1.165) is 48.7 Å². The Morgan fingerprint density at radius 3 is 2.87 bits per heavy atom. The molecule has 2 amide bonds. The van der Waals surface area contributed by atoms with E-state index in [9.17, 15) is 4.79 Å². The zero-order valence-corrected chi connectivity index (χ0v) is 13.9. The zero-order valence-electron chi connectivity index (χ0n) is 13.9. The van der Waals surface area contributed by atoms with E-state index in [0.29, 0.717) is 0 Å². The molecule has 1 aliphatic heterocycles. The highest BCUT2D eigenvalue weighted by molar-refractivity contribution is 5.90. The Kier molecular flexibility index (Phi) is 4.32. The number of fused-ring (bicyclic) bond motifs is 1. The molecule has 122 valence electrons. The standard InChI is InChI=1S/C17H23N5O/c1-11-5-4-6-15(12(11)2)19-17(23)18-14-7-8-16-21-20-13(3)22(16)10-9-14/h4-6,14H,7-10H2,1-3H3,(H2,18,19,23). The third-order valence-electron chi connectivity index (χ3n) is 4.62. The number of amides is 2. The first kappa shape index (κ1) is 15.5. The van der Waals surface area contributed by atoms with Crippen molar-refractivity contribution in [3.8, 4) is 0 Å².